The molecule has 13 heteroatoms. The van der Waals surface area contributed by atoms with Gasteiger partial charge in [0.25, 0.3) is 0 Å². The first-order valence-electron chi connectivity index (χ1n) is 9.65. The lowest BCUT2D eigenvalue weighted by atomic mass is 10.2. The number of piperazine rings is 1. The summed E-state index contributed by atoms with van der Waals surface area (Å²) < 4.78 is 29.4. The van der Waals surface area contributed by atoms with Crippen molar-refractivity contribution in [1.82, 2.24) is 15.5 Å². The van der Waals surface area contributed by atoms with Crippen LogP contribution >= 0.6 is 12.2 Å². The zero-order valence-electron chi connectivity index (χ0n) is 17.4. The topological polar surface area (TPSA) is 135 Å². The number of rotatable bonds is 9. The Morgan fingerprint density at radius 2 is 1.88 bits per heavy atom. The Balaban J connectivity index is 2.02. The molecule has 0 spiro atoms. The van der Waals surface area contributed by atoms with Gasteiger partial charge >= 0.3 is 0 Å². The van der Waals surface area contributed by atoms with Gasteiger partial charge in [0.05, 0.1) is 6.54 Å². The smallest absolute Gasteiger partial charge is 0.232 e. The number of benzene rings is 1. The van der Waals surface area contributed by atoms with Gasteiger partial charge in [-0.1, -0.05) is 12.2 Å². The van der Waals surface area contributed by atoms with E-state index in [1.54, 1.807) is 0 Å². The number of hydrogen-bond donors (Lipinski definition) is 4. The van der Waals surface area contributed by atoms with Crippen LogP contribution in [0.2, 0.25) is 0 Å². The normalized spacial score (nSPS) is 14.0. The molecular weight excluding hydrogens is 444 g/mol. The molecule has 2 rings (SSSR count). The molecule has 0 aliphatic carbocycles. The zero-order chi connectivity index (χ0) is 23.7. The largest absolute Gasteiger partial charge is 0.368 e. The number of quaternary nitrogens is 1. The molecule has 32 heavy (non-hydrogen) atoms. The van der Waals surface area contributed by atoms with Crippen molar-refractivity contribution in [1.29, 1.82) is 5.53 Å². The van der Waals surface area contributed by atoms with Crippen molar-refractivity contribution in [3.05, 3.63) is 35.7 Å². The van der Waals surface area contributed by atoms with E-state index in [1.807, 2.05) is 0 Å². The van der Waals surface area contributed by atoms with Crippen LogP contribution in [0, 0.1) is 17.2 Å². The quantitative estimate of drug-likeness (QED) is 0.132. The number of anilines is 1. The van der Waals surface area contributed by atoms with Crippen LogP contribution in [0.1, 0.15) is 6.42 Å². The Morgan fingerprint density at radius 3 is 2.41 bits per heavy atom. The first-order valence-corrected chi connectivity index (χ1v) is 10.1. The van der Waals surface area contributed by atoms with Gasteiger partial charge in [-0.3, -0.25) is 19.7 Å². The van der Waals surface area contributed by atoms with Crippen LogP contribution < -0.4 is 20.9 Å². The zero-order valence-corrected chi connectivity index (χ0v) is 18.2. The highest BCUT2D eigenvalue weighted by molar-refractivity contribution is 7.81. The highest BCUT2D eigenvalue weighted by Gasteiger charge is 2.26. The SMILES string of the molecule is CNC(=O)CC(=O)N1CCN(c2c(F)cc([NH2+]C=C(CNC(=S)C=O)N=N)cc2F)CC1. The molecule has 1 saturated heterocycles. The fourth-order valence-electron chi connectivity index (χ4n) is 3.05. The van der Waals surface area contributed by atoms with Crippen LogP contribution in [0.25, 0.3) is 0 Å². The summed E-state index contributed by atoms with van der Waals surface area (Å²) in [5, 5.41) is 9.63. The molecule has 0 unspecified atom stereocenters. The standard InChI is InChI=1S/C19H23F2N7O3S/c1-23-16(30)8-18(31)27-2-4-28(5-3-27)19-14(20)6-12(7-15(19)21)24-9-13(26-22)10-25-17(32)11-29/h6-7,9,11,22,24H,2-5,8,10H2,1H3,(H,23,30)(H,25,32)/p+1. The highest BCUT2D eigenvalue weighted by Crippen LogP contribution is 2.26. The second kappa shape index (κ2) is 11.9. The van der Waals surface area contributed by atoms with E-state index in [-0.39, 0.29) is 73.0 Å². The third kappa shape index (κ3) is 6.85. The monoisotopic (exact) mass is 468 g/mol. The lowest BCUT2D eigenvalue weighted by Gasteiger charge is -2.36. The molecule has 2 amide bonds. The number of thiocarbonyl (C=S) groups is 1. The van der Waals surface area contributed by atoms with Crippen molar-refractivity contribution < 1.29 is 28.5 Å². The molecule has 0 atom stereocenters. The number of amides is 2. The summed E-state index contributed by atoms with van der Waals surface area (Å²) in [5.41, 5.74) is 7.38. The molecule has 1 aromatic carbocycles. The second-order valence-electron chi connectivity index (χ2n) is 6.82. The maximum atomic E-state index is 14.7. The van der Waals surface area contributed by atoms with Crippen LogP contribution in [-0.4, -0.2) is 67.8 Å². The van der Waals surface area contributed by atoms with Crippen LogP contribution in [-0.2, 0) is 14.4 Å². The Morgan fingerprint density at radius 1 is 1.25 bits per heavy atom. The molecule has 0 bridgehead atoms. The van der Waals surface area contributed by atoms with Crippen molar-refractivity contribution in [2.24, 2.45) is 5.11 Å². The average Bonchev–Trinajstić information content (AvgIpc) is 2.78. The number of nitrogens with one attached hydrogen (secondary N) is 3. The minimum absolute atomic E-state index is 0.0174. The first-order chi connectivity index (χ1) is 15.3. The van der Waals surface area contributed by atoms with Gasteiger partial charge in [-0.2, -0.15) is 5.11 Å². The van der Waals surface area contributed by atoms with Gasteiger partial charge in [-0.15, -0.1) is 0 Å². The van der Waals surface area contributed by atoms with E-state index >= 15 is 0 Å². The van der Waals surface area contributed by atoms with Crippen LogP contribution in [0.3, 0.4) is 0 Å². The van der Waals surface area contributed by atoms with E-state index in [0.29, 0.717) is 6.29 Å². The van der Waals surface area contributed by atoms with Crippen molar-refractivity contribution in [3.8, 4) is 0 Å². The lowest BCUT2D eigenvalue weighted by molar-refractivity contribution is -0.497. The Bertz CT molecular complexity index is 910. The van der Waals surface area contributed by atoms with E-state index in [4.69, 9.17) is 17.7 Å². The van der Waals surface area contributed by atoms with Crippen LogP contribution in [0.15, 0.2) is 29.1 Å². The predicted octanol–water partition coefficient (Wildman–Crippen LogP) is -0.0673. The van der Waals surface area contributed by atoms with Crippen molar-refractivity contribution >= 4 is 46.7 Å². The first kappa shape index (κ1) is 24.9. The molecular formula is C19H24F2N7O3S+. The summed E-state index contributed by atoms with van der Waals surface area (Å²) in [6, 6.07) is 2.31. The Hall–Kier alpha value is -3.32. The van der Waals surface area contributed by atoms with Crippen molar-refractivity contribution in [2.45, 2.75) is 6.42 Å². The Kier molecular flexibility index (Phi) is 9.28. The number of halogens is 2. The van der Waals surface area contributed by atoms with Gasteiger partial charge in [0.2, 0.25) is 11.8 Å². The highest BCUT2D eigenvalue weighted by atomic mass is 32.1. The maximum Gasteiger partial charge on any atom is 0.232 e. The minimum Gasteiger partial charge on any atom is -0.368 e. The van der Waals surface area contributed by atoms with Crippen molar-refractivity contribution in [3.63, 3.8) is 0 Å². The van der Waals surface area contributed by atoms with E-state index in [1.165, 1.54) is 28.4 Å². The summed E-state index contributed by atoms with van der Waals surface area (Å²) in [6.45, 7) is 0.954. The predicted molar refractivity (Wildman–Crippen MR) is 115 cm³/mol. The number of carbonyl (C=O) groups excluding carboxylic acids is 3. The van der Waals surface area contributed by atoms with Gasteiger partial charge < -0.3 is 20.4 Å². The number of nitrogens with two attached hydrogens (primary N) is 1. The number of aldehydes is 1. The third-order valence-electron chi connectivity index (χ3n) is 4.74. The molecule has 10 nitrogen and oxygen atoms in total. The minimum atomic E-state index is -0.764. The third-order valence-corrected chi connectivity index (χ3v) is 4.98. The summed E-state index contributed by atoms with van der Waals surface area (Å²) in [7, 11) is 1.44. The number of carbonyl (C=O) groups is 3. The average molecular weight is 469 g/mol. The maximum absolute atomic E-state index is 14.7. The van der Waals surface area contributed by atoms with E-state index < -0.39 is 11.6 Å². The number of hydrogen-bond acceptors (Lipinski definition) is 7. The van der Waals surface area contributed by atoms with Crippen LogP contribution in [0.5, 0.6) is 0 Å². The van der Waals surface area contributed by atoms with Gasteiger partial charge in [0.15, 0.2) is 17.9 Å². The number of nitrogens with zero attached hydrogens (tertiary/aromatic N) is 3. The summed E-state index contributed by atoms with van der Waals surface area (Å²) in [6.07, 6.45) is 1.57. The second-order valence-corrected chi connectivity index (χ2v) is 7.26. The van der Waals surface area contributed by atoms with E-state index in [2.05, 4.69) is 15.7 Å². The molecule has 5 N–H and O–H groups in total. The fourth-order valence-corrected chi connectivity index (χ4v) is 3.12. The Labute approximate surface area is 188 Å². The molecule has 1 aliphatic rings. The molecule has 0 saturated carbocycles. The molecule has 1 aliphatic heterocycles. The summed E-state index contributed by atoms with van der Waals surface area (Å²) in [5.74, 6) is -2.25. The van der Waals surface area contributed by atoms with Crippen LogP contribution in [0.4, 0.5) is 20.2 Å². The van der Waals surface area contributed by atoms with Gasteiger partial charge in [-0.25, -0.2) is 14.3 Å². The van der Waals surface area contributed by atoms with Gasteiger partial charge in [-0.05, 0) is 0 Å². The fraction of sp³-hybridized carbons (Fsp3) is 0.368. The van der Waals surface area contributed by atoms with E-state index in [9.17, 15) is 23.2 Å². The summed E-state index contributed by atoms with van der Waals surface area (Å²) >= 11 is 4.69. The molecule has 172 valence electrons. The summed E-state index contributed by atoms with van der Waals surface area (Å²) in [4.78, 5) is 36.9. The van der Waals surface area contributed by atoms with E-state index in [0.717, 1.165) is 12.1 Å². The molecule has 0 radical (unpaired) electrons. The van der Waals surface area contributed by atoms with Crippen molar-refractivity contribution in [2.75, 3.05) is 44.7 Å². The van der Waals surface area contributed by atoms with Gasteiger partial charge in [0.1, 0.15) is 34.7 Å². The van der Waals surface area contributed by atoms with Gasteiger partial charge in [0, 0.05) is 45.4 Å². The molecule has 1 aromatic rings. The molecule has 1 heterocycles. The molecule has 0 aromatic heterocycles. The lowest BCUT2D eigenvalue weighted by Crippen LogP contribution is -2.71. The molecule has 1 fully saturated rings.